The molecule has 0 saturated heterocycles. The second-order valence-corrected chi connectivity index (χ2v) is 16.2. The van der Waals surface area contributed by atoms with Crippen LogP contribution in [0.5, 0.6) is 0 Å². The molecule has 0 aliphatic rings. The molecule has 6 nitrogen and oxygen atoms in total. The largest absolute Gasteiger partial charge is 0.456 e. The first-order valence-corrected chi connectivity index (χ1v) is 21.5. The van der Waals surface area contributed by atoms with Crippen LogP contribution >= 0.6 is 0 Å². The highest BCUT2D eigenvalue weighted by Gasteiger charge is 2.19. The van der Waals surface area contributed by atoms with Crippen molar-refractivity contribution in [2.24, 2.45) is 0 Å². The third-order valence-electron chi connectivity index (χ3n) is 12.4. The van der Waals surface area contributed by atoms with Crippen LogP contribution in [0.25, 0.3) is 128 Å². The van der Waals surface area contributed by atoms with Gasteiger partial charge in [-0.15, -0.1) is 0 Å². The van der Waals surface area contributed by atoms with E-state index in [0.717, 1.165) is 77.9 Å². The van der Waals surface area contributed by atoms with Crippen LogP contribution in [-0.4, -0.2) is 24.5 Å². The fourth-order valence-electron chi connectivity index (χ4n) is 9.41. The number of imidazole rings is 1. The molecule has 0 bridgehead atoms. The van der Waals surface area contributed by atoms with Crippen LogP contribution in [0.3, 0.4) is 0 Å². The summed E-state index contributed by atoms with van der Waals surface area (Å²) in [5, 5.41) is 9.60. The van der Waals surface area contributed by atoms with Gasteiger partial charge in [-0.1, -0.05) is 152 Å². The first kappa shape index (κ1) is 36.0. The molecule has 0 atom stereocenters. The van der Waals surface area contributed by atoms with Crippen LogP contribution in [0.4, 0.5) is 0 Å². The zero-order valence-corrected chi connectivity index (χ0v) is 34.4. The molecule has 10 aromatic carbocycles. The number of rotatable bonds is 6. The molecule has 13 rings (SSSR count). The van der Waals surface area contributed by atoms with Crippen molar-refractivity contribution in [1.29, 1.82) is 0 Å². The average molecular weight is 818 g/mol. The number of aromatic nitrogens is 5. The van der Waals surface area contributed by atoms with Gasteiger partial charge in [-0.2, -0.15) is 0 Å². The molecule has 64 heavy (non-hydrogen) atoms. The minimum atomic E-state index is 0.554. The van der Waals surface area contributed by atoms with Gasteiger partial charge in [-0.05, 0) is 104 Å². The third-order valence-corrected chi connectivity index (χ3v) is 12.4. The SMILES string of the molecule is c1ccc(-n2c(-c3cccc(-c4nc(-c5cccc(-c6ccc7c8ccccc8c8ccccc8c7c6)c5)nc(-c5ccc6c(c5)oc5ccccc56)n4)c3)nc3ccccc32)cc1. The molecular weight excluding hydrogens is 783 g/mol. The maximum absolute atomic E-state index is 6.35. The topological polar surface area (TPSA) is 69.6 Å². The number of furan rings is 1. The summed E-state index contributed by atoms with van der Waals surface area (Å²) in [6, 6.07) is 74.0. The van der Waals surface area contributed by atoms with Gasteiger partial charge in [0.1, 0.15) is 17.0 Å². The zero-order valence-electron chi connectivity index (χ0n) is 34.4. The molecule has 0 radical (unpaired) electrons. The summed E-state index contributed by atoms with van der Waals surface area (Å²) < 4.78 is 8.56. The Labute approximate surface area is 367 Å². The lowest BCUT2D eigenvalue weighted by atomic mass is 9.92. The van der Waals surface area contributed by atoms with Crippen molar-refractivity contribution in [3.8, 4) is 62.4 Å². The predicted octanol–water partition coefficient (Wildman–Crippen LogP) is 14.9. The molecule has 3 aromatic heterocycles. The lowest BCUT2D eigenvalue weighted by molar-refractivity contribution is 0.669. The lowest BCUT2D eigenvalue weighted by Gasteiger charge is -2.13. The van der Waals surface area contributed by atoms with E-state index in [0.29, 0.717) is 17.5 Å². The summed E-state index contributed by atoms with van der Waals surface area (Å²) in [5.41, 5.74) is 10.3. The number of para-hydroxylation sites is 4. The maximum Gasteiger partial charge on any atom is 0.164 e. The zero-order chi connectivity index (χ0) is 42.1. The molecule has 13 aromatic rings. The summed E-state index contributed by atoms with van der Waals surface area (Å²) in [4.78, 5) is 20.8. The Hall–Kier alpha value is -8.74. The van der Waals surface area contributed by atoms with Crippen molar-refractivity contribution < 1.29 is 4.42 Å². The van der Waals surface area contributed by atoms with E-state index < -0.39 is 0 Å². The van der Waals surface area contributed by atoms with E-state index in [1.54, 1.807) is 0 Å². The number of nitrogens with zero attached hydrogens (tertiary/aromatic N) is 5. The summed E-state index contributed by atoms with van der Waals surface area (Å²) in [7, 11) is 0. The monoisotopic (exact) mass is 817 g/mol. The van der Waals surface area contributed by atoms with Crippen LogP contribution in [0.15, 0.2) is 217 Å². The van der Waals surface area contributed by atoms with Gasteiger partial charge in [-0.25, -0.2) is 19.9 Å². The number of hydrogen-bond donors (Lipinski definition) is 0. The average Bonchev–Trinajstić information content (AvgIpc) is 3.95. The van der Waals surface area contributed by atoms with E-state index in [2.05, 4.69) is 180 Å². The highest BCUT2D eigenvalue weighted by atomic mass is 16.3. The third kappa shape index (κ3) is 5.88. The van der Waals surface area contributed by atoms with Gasteiger partial charge in [0.15, 0.2) is 17.5 Å². The van der Waals surface area contributed by atoms with Gasteiger partial charge in [0, 0.05) is 38.7 Å². The molecule has 0 aliphatic carbocycles. The van der Waals surface area contributed by atoms with Crippen molar-refractivity contribution in [2.75, 3.05) is 0 Å². The predicted molar refractivity (Wildman–Crippen MR) is 261 cm³/mol. The Morgan fingerprint density at radius 3 is 1.50 bits per heavy atom. The van der Waals surface area contributed by atoms with Crippen molar-refractivity contribution in [1.82, 2.24) is 24.5 Å². The number of fused-ring (bicyclic) bond motifs is 10. The minimum Gasteiger partial charge on any atom is -0.456 e. The number of hydrogen-bond acceptors (Lipinski definition) is 5. The smallest absolute Gasteiger partial charge is 0.164 e. The molecule has 0 saturated carbocycles. The lowest BCUT2D eigenvalue weighted by Crippen LogP contribution is -2.01. The first-order chi connectivity index (χ1) is 31.7. The molecule has 0 fully saturated rings. The Morgan fingerprint density at radius 2 is 0.781 bits per heavy atom. The summed E-state index contributed by atoms with van der Waals surface area (Å²) in [6.45, 7) is 0. The van der Waals surface area contributed by atoms with Crippen LogP contribution in [0.2, 0.25) is 0 Å². The fraction of sp³-hybridized carbons (Fsp3) is 0. The molecule has 0 N–H and O–H groups in total. The second kappa shape index (κ2) is 14.4. The van der Waals surface area contributed by atoms with Crippen LogP contribution in [0.1, 0.15) is 0 Å². The standard InChI is InChI=1S/C58H35N5O/c1-2-18-42(19-3-1)63-52-26-10-9-25-51(52)59-58(63)41-17-13-16-39(33-41)56-60-55(61-57(62-56)40-29-31-49-48-24-8-11-27-53(48)64-54(49)35-40)38-15-12-14-36(32-38)37-28-30-47-45-22-5-4-20-43(45)44-21-6-7-23-46(44)50(47)34-37/h1-35H. The maximum atomic E-state index is 6.35. The molecule has 3 heterocycles. The quantitative estimate of drug-likeness (QED) is 0.156. The molecule has 0 spiro atoms. The molecule has 0 amide bonds. The molecular formula is C58H35N5O. The van der Waals surface area contributed by atoms with E-state index in [9.17, 15) is 0 Å². The normalized spacial score (nSPS) is 11.8. The summed E-state index contributed by atoms with van der Waals surface area (Å²) in [6.07, 6.45) is 0. The first-order valence-electron chi connectivity index (χ1n) is 21.5. The van der Waals surface area contributed by atoms with E-state index in [4.69, 9.17) is 24.4 Å². The van der Waals surface area contributed by atoms with E-state index in [-0.39, 0.29) is 0 Å². The van der Waals surface area contributed by atoms with Gasteiger partial charge < -0.3 is 4.42 Å². The Morgan fingerprint density at radius 1 is 0.297 bits per heavy atom. The van der Waals surface area contributed by atoms with Gasteiger partial charge in [-0.3, -0.25) is 4.57 Å². The Bertz CT molecular complexity index is 3940. The highest BCUT2D eigenvalue weighted by molar-refractivity contribution is 6.25. The van der Waals surface area contributed by atoms with Crippen molar-refractivity contribution in [3.05, 3.63) is 212 Å². The van der Waals surface area contributed by atoms with Gasteiger partial charge in [0.2, 0.25) is 0 Å². The van der Waals surface area contributed by atoms with E-state index in [1.807, 2.05) is 36.4 Å². The number of benzene rings is 10. The fourth-order valence-corrected chi connectivity index (χ4v) is 9.41. The van der Waals surface area contributed by atoms with Crippen molar-refractivity contribution in [2.45, 2.75) is 0 Å². The highest BCUT2D eigenvalue weighted by Crippen LogP contribution is 2.39. The van der Waals surface area contributed by atoms with Crippen molar-refractivity contribution in [3.63, 3.8) is 0 Å². The summed E-state index contributed by atoms with van der Waals surface area (Å²) in [5.74, 6) is 2.52. The van der Waals surface area contributed by atoms with Gasteiger partial charge in [0.05, 0.1) is 11.0 Å². The Balaban J connectivity index is 0.976. The van der Waals surface area contributed by atoms with Crippen molar-refractivity contribution >= 4 is 65.3 Å². The van der Waals surface area contributed by atoms with Gasteiger partial charge in [0.25, 0.3) is 0 Å². The van der Waals surface area contributed by atoms with Gasteiger partial charge >= 0.3 is 0 Å². The van der Waals surface area contributed by atoms with E-state index >= 15 is 0 Å². The molecule has 0 unspecified atom stereocenters. The molecule has 0 aliphatic heterocycles. The molecule has 298 valence electrons. The van der Waals surface area contributed by atoms with E-state index in [1.165, 1.54) is 32.3 Å². The van der Waals surface area contributed by atoms with Crippen LogP contribution in [-0.2, 0) is 0 Å². The summed E-state index contributed by atoms with van der Waals surface area (Å²) >= 11 is 0. The van der Waals surface area contributed by atoms with Crippen LogP contribution < -0.4 is 0 Å². The molecule has 6 heteroatoms. The second-order valence-electron chi connectivity index (χ2n) is 16.2. The van der Waals surface area contributed by atoms with Crippen LogP contribution in [0, 0.1) is 0 Å². The Kier molecular flexibility index (Phi) is 8.11. The minimum absolute atomic E-state index is 0.554.